The van der Waals surface area contributed by atoms with Crippen LogP contribution in [-0.4, -0.2) is 46.9 Å². The molecule has 0 aromatic rings. The predicted octanol–water partition coefficient (Wildman–Crippen LogP) is 1.64. The summed E-state index contributed by atoms with van der Waals surface area (Å²) in [6.07, 6.45) is 4.40. The van der Waals surface area contributed by atoms with E-state index in [9.17, 15) is 19.5 Å². The summed E-state index contributed by atoms with van der Waals surface area (Å²) in [7, 11) is 0. The second-order valence-corrected chi connectivity index (χ2v) is 7.34. The van der Waals surface area contributed by atoms with E-state index in [1.54, 1.807) is 11.8 Å². The summed E-state index contributed by atoms with van der Waals surface area (Å²) in [6.45, 7) is 6.11. The van der Waals surface area contributed by atoms with Gasteiger partial charge in [0.1, 0.15) is 6.04 Å². The van der Waals surface area contributed by atoms with Crippen molar-refractivity contribution < 1.29 is 19.5 Å². The Morgan fingerprint density at radius 2 is 1.78 bits per heavy atom. The lowest BCUT2D eigenvalue weighted by Gasteiger charge is -2.29. The largest absolute Gasteiger partial charge is 0.481 e. The number of carbonyl (C=O) groups is 3. The molecule has 1 aliphatic carbocycles. The SMILES string of the molecule is CC(NC(=O)C1CCCC1)C(=O)N1CCC(C(=O)O)(C(C)C)C1. The first-order chi connectivity index (χ1) is 10.8. The Balaban J connectivity index is 1.95. The Hall–Kier alpha value is -1.59. The molecule has 23 heavy (non-hydrogen) atoms. The second kappa shape index (κ2) is 6.89. The molecule has 2 aliphatic rings. The summed E-state index contributed by atoms with van der Waals surface area (Å²) in [4.78, 5) is 37.9. The van der Waals surface area contributed by atoms with E-state index in [2.05, 4.69) is 5.32 Å². The van der Waals surface area contributed by atoms with Crippen LogP contribution in [0.2, 0.25) is 0 Å². The van der Waals surface area contributed by atoms with Crippen LogP contribution in [0.15, 0.2) is 0 Å². The van der Waals surface area contributed by atoms with Crippen LogP contribution >= 0.6 is 0 Å². The van der Waals surface area contributed by atoms with Crippen molar-refractivity contribution in [1.82, 2.24) is 10.2 Å². The van der Waals surface area contributed by atoms with Gasteiger partial charge < -0.3 is 15.3 Å². The average molecular weight is 324 g/mol. The maximum Gasteiger partial charge on any atom is 0.311 e. The van der Waals surface area contributed by atoms with Crippen molar-refractivity contribution >= 4 is 17.8 Å². The normalized spacial score (nSPS) is 26.5. The summed E-state index contributed by atoms with van der Waals surface area (Å²) in [5, 5.41) is 12.4. The molecule has 0 spiro atoms. The summed E-state index contributed by atoms with van der Waals surface area (Å²) in [5.74, 6) is -1.08. The maximum absolute atomic E-state index is 12.5. The van der Waals surface area contributed by atoms with Gasteiger partial charge in [0.25, 0.3) is 0 Å². The zero-order chi connectivity index (χ0) is 17.2. The third-order valence-corrected chi connectivity index (χ3v) is 5.60. The Labute approximate surface area is 137 Å². The lowest BCUT2D eigenvalue weighted by Crippen LogP contribution is -2.49. The van der Waals surface area contributed by atoms with Crippen LogP contribution in [0.1, 0.15) is 52.9 Å². The van der Waals surface area contributed by atoms with E-state index in [0.29, 0.717) is 13.0 Å². The van der Waals surface area contributed by atoms with Crippen molar-refractivity contribution in [3.8, 4) is 0 Å². The first kappa shape index (κ1) is 17.8. The highest BCUT2D eigenvalue weighted by molar-refractivity contribution is 5.89. The third-order valence-electron chi connectivity index (χ3n) is 5.60. The minimum atomic E-state index is -0.870. The molecular weight excluding hydrogens is 296 g/mol. The van der Waals surface area contributed by atoms with Gasteiger partial charge in [0.15, 0.2) is 0 Å². The molecule has 2 amide bonds. The van der Waals surface area contributed by atoms with Gasteiger partial charge in [0, 0.05) is 19.0 Å². The molecule has 1 heterocycles. The second-order valence-electron chi connectivity index (χ2n) is 7.34. The van der Waals surface area contributed by atoms with Gasteiger partial charge in [-0.05, 0) is 32.1 Å². The molecule has 2 rings (SSSR count). The minimum Gasteiger partial charge on any atom is -0.481 e. The Morgan fingerprint density at radius 3 is 2.26 bits per heavy atom. The summed E-state index contributed by atoms with van der Waals surface area (Å²) in [6, 6.07) is -0.597. The molecule has 2 atom stereocenters. The fourth-order valence-electron chi connectivity index (χ4n) is 3.77. The molecule has 6 heteroatoms. The van der Waals surface area contributed by atoms with Crippen molar-refractivity contribution in [3.63, 3.8) is 0 Å². The van der Waals surface area contributed by atoms with Crippen molar-refractivity contribution in [2.24, 2.45) is 17.3 Å². The van der Waals surface area contributed by atoms with Crippen LogP contribution in [0.5, 0.6) is 0 Å². The van der Waals surface area contributed by atoms with E-state index in [0.717, 1.165) is 25.7 Å². The van der Waals surface area contributed by atoms with Gasteiger partial charge >= 0.3 is 5.97 Å². The lowest BCUT2D eigenvalue weighted by atomic mass is 9.76. The number of hydrogen-bond donors (Lipinski definition) is 2. The zero-order valence-electron chi connectivity index (χ0n) is 14.3. The first-order valence-electron chi connectivity index (χ1n) is 8.60. The average Bonchev–Trinajstić information content (AvgIpc) is 3.16. The number of nitrogens with zero attached hydrogens (tertiary/aromatic N) is 1. The third kappa shape index (κ3) is 3.51. The summed E-state index contributed by atoms with van der Waals surface area (Å²) in [5.41, 5.74) is -0.870. The summed E-state index contributed by atoms with van der Waals surface area (Å²) >= 11 is 0. The van der Waals surface area contributed by atoms with Crippen LogP contribution in [0, 0.1) is 17.3 Å². The van der Waals surface area contributed by atoms with Gasteiger partial charge in [-0.1, -0.05) is 26.7 Å². The number of likely N-dealkylation sites (tertiary alicyclic amines) is 1. The van der Waals surface area contributed by atoms with E-state index in [1.807, 2.05) is 13.8 Å². The molecule has 1 aliphatic heterocycles. The number of carboxylic acid groups (broad SMARTS) is 1. The van der Waals surface area contributed by atoms with Gasteiger partial charge in [-0.15, -0.1) is 0 Å². The highest BCUT2D eigenvalue weighted by Gasteiger charge is 2.49. The minimum absolute atomic E-state index is 0.0256. The molecule has 2 fully saturated rings. The van der Waals surface area contributed by atoms with E-state index >= 15 is 0 Å². The van der Waals surface area contributed by atoms with Crippen LogP contribution in [-0.2, 0) is 14.4 Å². The first-order valence-corrected chi connectivity index (χ1v) is 8.60. The van der Waals surface area contributed by atoms with Crippen LogP contribution < -0.4 is 5.32 Å². The molecule has 0 aromatic heterocycles. The number of carboxylic acids is 1. The molecule has 0 radical (unpaired) electrons. The molecule has 0 bridgehead atoms. The Morgan fingerprint density at radius 1 is 1.17 bits per heavy atom. The topological polar surface area (TPSA) is 86.7 Å². The van der Waals surface area contributed by atoms with E-state index in [1.165, 1.54) is 0 Å². The van der Waals surface area contributed by atoms with Gasteiger partial charge in [0.2, 0.25) is 11.8 Å². The standard InChI is InChI=1S/C17H28N2O4/c1-11(2)17(16(22)23)8-9-19(10-17)15(21)12(3)18-14(20)13-6-4-5-7-13/h11-13H,4-10H2,1-3H3,(H,18,20)(H,22,23). The van der Waals surface area contributed by atoms with Crippen molar-refractivity contribution in [1.29, 1.82) is 0 Å². The van der Waals surface area contributed by atoms with E-state index in [-0.39, 0.29) is 30.2 Å². The molecular formula is C17H28N2O4. The van der Waals surface area contributed by atoms with E-state index < -0.39 is 17.4 Å². The molecule has 1 saturated carbocycles. The van der Waals surface area contributed by atoms with Gasteiger partial charge in [0.05, 0.1) is 5.41 Å². The lowest BCUT2D eigenvalue weighted by molar-refractivity contribution is -0.151. The van der Waals surface area contributed by atoms with E-state index in [4.69, 9.17) is 0 Å². The van der Waals surface area contributed by atoms with Crippen molar-refractivity contribution in [2.75, 3.05) is 13.1 Å². The number of hydrogen-bond acceptors (Lipinski definition) is 3. The van der Waals surface area contributed by atoms with Crippen LogP contribution in [0.4, 0.5) is 0 Å². The summed E-state index contributed by atoms with van der Waals surface area (Å²) < 4.78 is 0. The molecule has 2 unspecified atom stereocenters. The number of rotatable bonds is 5. The van der Waals surface area contributed by atoms with Gasteiger partial charge in [-0.2, -0.15) is 0 Å². The van der Waals surface area contributed by atoms with Crippen molar-refractivity contribution in [2.45, 2.75) is 58.9 Å². The molecule has 130 valence electrons. The fourth-order valence-corrected chi connectivity index (χ4v) is 3.77. The highest BCUT2D eigenvalue weighted by Crippen LogP contribution is 2.38. The zero-order valence-corrected chi connectivity index (χ0v) is 14.3. The van der Waals surface area contributed by atoms with Crippen LogP contribution in [0.3, 0.4) is 0 Å². The highest BCUT2D eigenvalue weighted by atomic mass is 16.4. The molecule has 6 nitrogen and oxygen atoms in total. The quantitative estimate of drug-likeness (QED) is 0.805. The van der Waals surface area contributed by atoms with Gasteiger partial charge in [-0.3, -0.25) is 14.4 Å². The Bertz CT molecular complexity index is 485. The number of aliphatic carboxylic acids is 1. The Kier molecular flexibility index (Phi) is 5.32. The number of carbonyl (C=O) groups excluding carboxylic acids is 2. The van der Waals surface area contributed by atoms with Crippen molar-refractivity contribution in [3.05, 3.63) is 0 Å². The number of amides is 2. The fraction of sp³-hybridized carbons (Fsp3) is 0.824. The monoisotopic (exact) mass is 324 g/mol. The number of nitrogens with one attached hydrogen (secondary N) is 1. The predicted molar refractivity (Wildman–Crippen MR) is 85.7 cm³/mol. The smallest absolute Gasteiger partial charge is 0.311 e. The molecule has 1 saturated heterocycles. The van der Waals surface area contributed by atoms with Crippen LogP contribution in [0.25, 0.3) is 0 Å². The molecule has 2 N–H and O–H groups in total. The molecule has 0 aromatic carbocycles. The van der Waals surface area contributed by atoms with Gasteiger partial charge in [-0.25, -0.2) is 0 Å². The maximum atomic E-state index is 12.5.